The first-order valence-corrected chi connectivity index (χ1v) is 12.1. The average Bonchev–Trinajstić information content (AvgIpc) is 3.28. The van der Waals surface area contributed by atoms with Gasteiger partial charge >= 0.3 is 0 Å². The zero-order valence-electron chi connectivity index (χ0n) is 18.5. The van der Waals surface area contributed by atoms with E-state index in [0.717, 1.165) is 30.6 Å². The molecule has 1 saturated heterocycles. The number of nitrogens with one attached hydrogen (secondary N) is 1. The largest absolute Gasteiger partial charge is 0.497 e. The molecule has 1 atom stereocenters. The predicted octanol–water partition coefficient (Wildman–Crippen LogP) is 2.55. The van der Waals surface area contributed by atoms with E-state index in [-0.39, 0.29) is 23.4 Å². The minimum absolute atomic E-state index is 0.0129. The van der Waals surface area contributed by atoms with Gasteiger partial charge in [0.1, 0.15) is 12.3 Å². The fourth-order valence-electron chi connectivity index (χ4n) is 3.77. The number of hydrogen-bond donors (Lipinski definition) is 1. The Labute approximate surface area is 192 Å². The molecule has 0 aliphatic carbocycles. The van der Waals surface area contributed by atoms with Gasteiger partial charge in [-0.2, -0.15) is 9.10 Å². The maximum Gasteiger partial charge on any atom is 0.248 e. The second kappa shape index (κ2) is 9.67. The number of nitrogens with zero attached hydrogens (tertiary/aromatic N) is 5. The van der Waals surface area contributed by atoms with Gasteiger partial charge in [-0.15, -0.1) is 10.2 Å². The molecule has 3 aromatic rings. The Morgan fingerprint density at radius 1 is 1.12 bits per heavy atom. The van der Waals surface area contributed by atoms with Gasteiger partial charge in [-0.25, -0.2) is 8.42 Å². The number of amides is 1. The van der Waals surface area contributed by atoms with E-state index in [0.29, 0.717) is 18.1 Å². The molecular weight excluding hydrogens is 444 g/mol. The quantitative estimate of drug-likeness (QED) is 0.563. The van der Waals surface area contributed by atoms with E-state index in [9.17, 15) is 13.2 Å². The summed E-state index contributed by atoms with van der Waals surface area (Å²) < 4.78 is 32.6. The van der Waals surface area contributed by atoms with Crippen LogP contribution in [0.2, 0.25) is 0 Å². The van der Waals surface area contributed by atoms with Crippen LogP contribution in [0.15, 0.2) is 53.4 Å². The SMILES string of the molecule is COc1ccc(-c2nnn(CC(=O)Nc3ccc(S(=O)(=O)N4CCCCC4C)cc3)n2)cc1. The molecule has 1 unspecified atom stereocenters. The number of carbonyl (C=O) groups is 1. The molecule has 1 aliphatic rings. The highest BCUT2D eigenvalue weighted by Crippen LogP contribution is 2.26. The molecule has 10 nitrogen and oxygen atoms in total. The van der Waals surface area contributed by atoms with Crippen molar-refractivity contribution in [2.24, 2.45) is 0 Å². The monoisotopic (exact) mass is 470 g/mol. The summed E-state index contributed by atoms with van der Waals surface area (Å²) in [6, 6.07) is 13.4. The number of carbonyl (C=O) groups excluding carboxylic acids is 1. The topological polar surface area (TPSA) is 119 Å². The zero-order valence-corrected chi connectivity index (χ0v) is 19.3. The molecule has 0 spiro atoms. The minimum atomic E-state index is -3.55. The Morgan fingerprint density at radius 2 is 1.85 bits per heavy atom. The lowest BCUT2D eigenvalue weighted by atomic mass is 10.1. The van der Waals surface area contributed by atoms with Crippen molar-refractivity contribution in [1.29, 1.82) is 0 Å². The maximum absolute atomic E-state index is 12.9. The fourth-order valence-corrected chi connectivity index (χ4v) is 5.47. The van der Waals surface area contributed by atoms with Crippen molar-refractivity contribution < 1.29 is 17.9 Å². The molecule has 2 heterocycles. The van der Waals surface area contributed by atoms with Crippen molar-refractivity contribution in [3.8, 4) is 17.1 Å². The van der Waals surface area contributed by atoms with E-state index in [1.807, 2.05) is 6.92 Å². The van der Waals surface area contributed by atoms with Crippen molar-refractivity contribution in [2.75, 3.05) is 19.0 Å². The number of methoxy groups -OCH3 is 1. The van der Waals surface area contributed by atoms with Gasteiger partial charge in [0.05, 0.1) is 12.0 Å². The molecule has 2 aromatic carbocycles. The minimum Gasteiger partial charge on any atom is -0.497 e. The standard InChI is InChI=1S/C22H26N6O4S/c1-16-5-3-4-14-27(16)33(30,31)20-12-8-18(9-13-20)23-21(29)15-28-25-22(24-26-28)17-6-10-19(32-2)11-7-17/h6-13,16H,3-5,14-15H2,1-2H3,(H,23,29). The summed E-state index contributed by atoms with van der Waals surface area (Å²) in [5, 5.41) is 14.9. The summed E-state index contributed by atoms with van der Waals surface area (Å²) in [5.41, 5.74) is 1.24. The second-order valence-corrected chi connectivity index (χ2v) is 9.80. The summed E-state index contributed by atoms with van der Waals surface area (Å²) in [4.78, 5) is 13.8. The highest BCUT2D eigenvalue weighted by atomic mass is 32.2. The van der Waals surface area contributed by atoms with Crippen molar-refractivity contribution in [2.45, 2.75) is 43.7 Å². The first kappa shape index (κ1) is 22.9. The number of sulfonamides is 1. The van der Waals surface area contributed by atoms with E-state index in [4.69, 9.17) is 4.74 Å². The molecule has 0 radical (unpaired) electrons. The molecule has 1 N–H and O–H groups in total. The van der Waals surface area contributed by atoms with Gasteiger partial charge in [-0.1, -0.05) is 6.42 Å². The van der Waals surface area contributed by atoms with Crippen LogP contribution in [0, 0.1) is 0 Å². The van der Waals surface area contributed by atoms with Gasteiger partial charge < -0.3 is 10.1 Å². The van der Waals surface area contributed by atoms with Crippen LogP contribution in [0.25, 0.3) is 11.4 Å². The Bertz CT molecular complexity index is 1210. The first-order chi connectivity index (χ1) is 15.9. The number of piperidine rings is 1. The molecule has 1 aliphatic heterocycles. The summed E-state index contributed by atoms with van der Waals surface area (Å²) in [6.07, 6.45) is 2.78. The van der Waals surface area contributed by atoms with Gasteiger partial charge in [0.2, 0.25) is 21.8 Å². The van der Waals surface area contributed by atoms with Gasteiger partial charge in [0.15, 0.2) is 0 Å². The molecule has 0 saturated carbocycles. The third-order valence-corrected chi connectivity index (χ3v) is 7.60. The Morgan fingerprint density at radius 3 is 2.52 bits per heavy atom. The molecule has 11 heteroatoms. The molecule has 174 valence electrons. The second-order valence-electron chi connectivity index (χ2n) is 7.91. The smallest absolute Gasteiger partial charge is 0.248 e. The number of benzene rings is 2. The Hall–Kier alpha value is -3.31. The highest BCUT2D eigenvalue weighted by Gasteiger charge is 2.30. The van der Waals surface area contributed by atoms with Crippen LogP contribution in [-0.4, -0.2) is 58.5 Å². The van der Waals surface area contributed by atoms with Crippen LogP contribution in [0.4, 0.5) is 5.69 Å². The number of anilines is 1. The summed E-state index contributed by atoms with van der Waals surface area (Å²) >= 11 is 0. The Balaban J connectivity index is 1.37. The number of hydrogen-bond acceptors (Lipinski definition) is 7. The van der Waals surface area contributed by atoms with Crippen LogP contribution in [-0.2, 0) is 21.4 Å². The van der Waals surface area contributed by atoms with Crippen molar-refractivity contribution in [1.82, 2.24) is 24.5 Å². The Kier molecular flexibility index (Phi) is 6.70. The van der Waals surface area contributed by atoms with Crippen molar-refractivity contribution in [3.05, 3.63) is 48.5 Å². The number of tetrazole rings is 1. The average molecular weight is 471 g/mol. The van der Waals surface area contributed by atoms with Crippen LogP contribution < -0.4 is 10.1 Å². The van der Waals surface area contributed by atoms with Crippen LogP contribution in [0.1, 0.15) is 26.2 Å². The molecule has 4 rings (SSSR count). The molecule has 1 fully saturated rings. The summed E-state index contributed by atoms with van der Waals surface area (Å²) in [6.45, 7) is 2.34. The number of rotatable bonds is 7. The van der Waals surface area contributed by atoms with Crippen LogP contribution in [0.5, 0.6) is 5.75 Å². The van der Waals surface area contributed by atoms with E-state index in [2.05, 4.69) is 20.7 Å². The van der Waals surface area contributed by atoms with Crippen LogP contribution in [0.3, 0.4) is 0 Å². The fraction of sp³-hybridized carbons (Fsp3) is 0.364. The molecular formula is C22H26N6O4S. The maximum atomic E-state index is 12.9. The summed E-state index contributed by atoms with van der Waals surface area (Å²) in [5.74, 6) is 0.760. The number of aromatic nitrogens is 4. The molecule has 33 heavy (non-hydrogen) atoms. The summed E-state index contributed by atoms with van der Waals surface area (Å²) in [7, 11) is -1.97. The third kappa shape index (κ3) is 5.20. The van der Waals surface area contributed by atoms with E-state index < -0.39 is 10.0 Å². The highest BCUT2D eigenvalue weighted by molar-refractivity contribution is 7.89. The molecule has 1 amide bonds. The third-order valence-electron chi connectivity index (χ3n) is 5.57. The van der Waals surface area contributed by atoms with E-state index in [1.54, 1.807) is 47.8 Å². The predicted molar refractivity (Wildman–Crippen MR) is 122 cm³/mol. The van der Waals surface area contributed by atoms with Gasteiger partial charge in [0, 0.05) is 23.8 Å². The normalized spacial score (nSPS) is 17.0. The first-order valence-electron chi connectivity index (χ1n) is 10.7. The van der Waals surface area contributed by atoms with Gasteiger partial charge in [-0.05, 0) is 73.5 Å². The lowest BCUT2D eigenvalue weighted by Gasteiger charge is -2.32. The van der Waals surface area contributed by atoms with Gasteiger partial charge in [0.25, 0.3) is 0 Å². The van der Waals surface area contributed by atoms with Crippen LogP contribution >= 0.6 is 0 Å². The lowest BCUT2D eigenvalue weighted by molar-refractivity contribution is -0.117. The van der Waals surface area contributed by atoms with Crippen molar-refractivity contribution >= 4 is 21.6 Å². The zero-order chi connectivity index (χ0) is 23.4. The lowest BCUT2D eigenvalue weighted by Crippen LogP contribution is -2.41. The van der Waals surface area contributed by atoms with Gasteiger partial charge in [-0.3, -0.25) is 4.79 Å². The number of ether oxygens (including phenoxy) is 1. The van der Waals surface area contributed by atoms with E-state index >= 15 is 0 Å². The molecule has 1 aromatic heterocycles. The molecule has 0 bridgehead atoms. The van der Waals surface area contributed by atoms with E-state index in [1.165, 1.54) is 16.9 Å². The van der Waals surface area contributed by atoms with Crippen molar-refractivity contribution in [3.63, 3.8) is 0 Å².